The number of carbonyl (C=O) groups is 1. The normalized spacial score (nSPS) is 19.6. The SMILES string of the molecule is N#CCC1(n2cc(-c3nccc4nc(NC(=O)C5CC(F)(F)C5)nn34)cn2)CNC1. The maximum absolute atomic E-state index is 13.0. The molecule has 4 heterocycles. The maximum atomic E-state index is 13.0. The van der Waals surface area contributed by atoms with Gasteiger partial charge in [0.1, 0.15) is 5.54 Å². The Bertz CT molecular complexity index is 1170. The van der Waals surface area contributed by atoms with Crippen LogP contribution >= 0.6 is 0 Å². The third-order valence-electron chi connectivity index (χ3n) is 5.59. The number of halogens is 2. The Morgan fingerprint density at radius 3 is 2.87 bits per heavy atom. The van der Waals surface area contributed by atoms with Crippen molar-refractivity contribution in [1.82, 2.24) is 34.7 Å². The third kappa shape index (κ3) is 2.98. The van der Waals surface area contributed by atoms with Gasteiger partial charge in [0.2, 0.25) is 17.8 Å². The van der Waals surface area contributed by atoms with Crippen LogP contribution in [0.3, 0.4) is 0 Å². The van der Waals surface area contributed by atoms with E-state index in [1.54, 1.807) is 29.3 Å². The Kier molecular flexibility index (Phi) is 4.04. The van der Waals surface area contributed by atoms with Gasteiger partial charge in [-0.3, -0.25) is 14.8 Å². The number of amides is 1. The van der Waals surface area contributed by atoms with E-state index in [-0.39, 0.29) is 11.5 Å². The summed E-state index contributed by atoms with van der Waals surface area (Å²) in [5.74, 6) is -3.54. The Morgan fingerprint density at radius 1 is 1.40 bits per heavy atom. The van der Waals surface area contributed by atoms with E-state index >= 15 is 0 Å². The fraction of sp³-hybridized carbons (Fsp3) is 0.444. The molecule has 1 aliphatic heterocycles. The van der Waals surface area contributed by atoms with Crippen LogP contribution in [-0.4, -0.2) is 54.3 Å². The van der Waals surface area contributed by atoms with Crippen molar-refractivity contribution < 1.29 is 13.6 Å². The topological polar surface area (TPSA) is 126 Å². The molecule has 1 saturated heterocycles. The summed E-state index contributed by atoms with van der Waals surface area (Å²) in [5, 5.41) is 23.5. The Balaban J connectivity index is 1.41. The van der Waals surface area contributed by atoms with Gasteiger partial charge in [0, 0.05) is 50.3 Å². The second-order valence-electron chi connectivity index (χ2n) is 7.76. The van der Waals surface area contributed by atoms with Crippen LogP contribution in [0.25, 0.3) is 17.0 Å². The number of nitrogens with one attached hydrogen (secondary N) is 2. The lowest BCUT2D eigenvalue weighted by molar-refractivity contribution is -0.145. The molecule has 1 saturated carbocycles. The minimum absolute atomic E-state index is 0.0287. The molecule has 10 nitrogen and oxygen atoms in total. The highest BCUT2D eigenvalue weighted by atomic mass is 19.3. The maximum Gasteiger partial charge on any atom is 0.249 e. The van der Waals surface area contributed by atoms with E-state index < -0.39 is 30.6 Å². The molecule has 3 aromatic heterocycles. The summed E-state index contributed by atoms with van der Waals surface area (Å²) < 4.78 is 29.2. The number of carbonyl (C=O) groups excluding carboxylic acids is 1. The molecule has 1 amide bonds. The molecule has 0 bridgehead atoms. The predicted octanol–water partition coefficient (Wildman–Crippen LogP) is 1.18. The van der Waals surface area contributed by atoms with Crippen LogP contribution < -0.4 is 10.6 Å². The fourth-order valence-corrected chi connectivity index (χ4v) is 3.75. The molecular weight excluding hydrogens is 396 g/mol. The number of hydrogen-bond donors (Lipinski definition) is 2. The van der Waals surface area contributed by atoms with Crippen LogP contribution in [0.15, 0.2) is 24.7 Å². The van der Waals surface area contributed by atoms with Crippen molar-refractivity contribution in [2.45, 2.75) is 30.7 Å². The van der Waals surface area contributed by atoms with Gasteiger partial charge in [0.25, 0.3) is 0 Å². The molecular formula is C18H17F2N9O. The van der Waals surface area contributed by atoms with E-state index in [1.807, 2.05) is 0 Å². The molecule has 0 unspecified atom stereocenters. The minimum atomic E-state index is -2.77. The third-order valence-corrected chi connectivity index (χ3v) is 5.59. The van der Waals surface area contributed by atoms with Gasteiger partial charge in [-0.2, -0.15) is 19.9 Å². The molecule has 154 valence electrons. The molecule has 12 heteroatoms. The molecule has 2 fully saturated rings. The van der Waals surface area contributed by atoms with Gasteiger partial charge in [-0.05, 0) is 0 Å². The lowest BCUT2D eigenvalue weighted by atomic mass is 9.81. The first-order valence-electron chi connectivity index (χ1n) is 9.43. The molecule has 0 atom stereocenters. The molecule has 0 radical (unpaired) electrons. The van der Waals surface area contributed by atoms with Crippen LogP contribution in [0.1, 0.15) is 19.3 Å². The summed E-state index contributed by atoms with van der Waals surface area (Å²) >= 11 is 0. The van der Waals surface area contributed by atoms with Crippen molar-refractivity contribution >= 4 is 17.5 Å². The van der Waals surface area contributed by atoms with Gasteiger partial charge in [-0.1, -0.05) is 0 Å². The second kappa shape index (κ2) is 6.53. The highest BCUT2D eigenvalue weighted by molar-refractivity contribution is 5.92. The second-order valence-corrected chi connectivity index (χ2v) is 7.76. The van der Waals surface area contributed by atoms with Crippen LogP contribution in [0.4, 0.5) is 14.7 Å². The largest absolute Gasteiger partial charge is 0.312 e. The first-order valence-corrected chi connectivity index (χ1v) is 9.43. The number of rotatable bonds is 5. The van der Waals surface area contributed by atoms with E-state index in [9.17, 15) is 13.6 Å². The molecule has 3 aromatic rings. The summed E-state index contributed by atoms with van der Waals surface area (Å²) in [7, 11) is 0. The first kappa shape index (κ1) is 18.6. The quantitative estimate of drug-likeness (QED) is 0.643. The highest BCUT2D eigenvalue weighted by Crippen LogP contribution is 2.42. The van der Waals surface area contributed by atoms with Crippen molar-refractivity contribution in [2.75, 3.05) is 18.4 Å². The van der Waals surface area contributed by atoms with Crippen molar-refractivity contribution in [3.63, 3.8) is 0 Å². The van der Waals surface area contributed by atoms with E-state index in [0.29, 0.717) is 36.5 Å². The molecule has 1 aliphatic carbocycles. The molecule has 0 spiro atoms. The molecule has 2 N–H and O–H groups in total. The van der Waals surface area contributed by atoms with Gasteiger partial charge >= 0.3 is 0 Å². The lowest BCUT2D eigenvalue weighted by Gasteiger charge is -2.41. The Hall–Kier alpha value is -3.46. The number of nitrogens with zero attached hydrogens (tertiary/aromatic N) is 7. The minimum Gasteiger partial charge on any atom is -0.312 e. The standard InChI is InChI=1S/C18H17F2N9O/c19-18(20)5-11(6-18)15(30)26-16-25-13-1-4-23-14(29(13)27-16)12-7-24-28(8-12)17(2-3-21)9-22-10-17/h1,4,7-8,11,22H,2,5-6,9-10H2,(H,26,27,30). The highest BCUT2D eigenvalue weighted by Gasteiger charge is 2.48. The van der Waals surface area contributed by atoms with Gasteiger partial charge in [-0.25, -0.2) is 13.8 Å². The molecule has 2 aliphatic rings. The van der Waals surface area contributed by atoms with Crippen LogP contribution in [0.5, 0.6) is 0 Å². The number of hydrogen-bond acceptors (Lipinski definition) is 7. The monoisotopic (exact) mass is 413 g/mol. The van der Waals surface area contributed by atoms with Crippen molar-refractivity contribution in [3.05, 3.63) is 24.7 Å². The van der Waals surface area contributed by atoms with Gasteiger partial charge < -0.3 is 5.32 Å². The molecule has 0 aromatic carbocycles. The molecule has 5 rings (SSSR count). The number of aromatic nitrogens is 6. The average molecular weight is 413 g/mol. The number of nitriles is 1. The van der Waals surface area contributed by atoms with Crippen molar-refractivity contribution in [3.8, 4) is 17.5 Å². The average Bonchev–Trinajstić information content (AvgIpc) is 3.29. The number of alkyl halides is 2. The van der Waals surface area contributed by atoms with E-state index in [1.165, 1.54) is 4.52 Å². The first-order chi connectivity index (χ1) is 14.4. The van der Waals surface area contributed by atoms with Crippen molar-refractivity contribution in [1.29, 1.82) is 5.26 Å². The summed E-state index contributed by atoms with van der Waals surface area (Å²) in [5.41, 5.74) is 0.734. The predicted molar refractivity (Wildman–Crippen MR) is 99.4 cm³/mol. The van der Waals surface area contributed by atoms with Gasteiger partial charge in [0.05, 0.1) is 24.3 Å². The van der Waals surface area contributed by atoms with Crippen LogP contribution in [0.2, 0.25) is 0 Å². The zero-order valence-electron chi connectivity index (χ0n) is 15.7. The smallest absolute Gasteiger partial charge is 0.249 e. The number of fused-ring (bicyclic) bond motifs is 1. The number of anilines is 1. The summed E-state index contributed by atoms with van der Waals surface area (Å²) in [6.07, 6.45) is 4.41. The zero-order chi connectivity index (χ0) is 20.9. The Labute approximate surface area is 168 Å². The van der Waals surface area contributed by atoms with E-state index in [2.05, 4.69) is 36.9 Å². The van der Waals surface area contributed by atoms with Crippen molar-refractivity contribution in [2.24, 2.45) is 5.92 Å². The molecule has 30 heavy (non-hydrogen) atoms. The zero-order valence-corrected chi connectivity index (χ0v) is 15.7. The van der Waals surface area contributed by atoms with Gasteiger partial charge in [0.15, 0.2) is 11.5 Å². The summed E-state index contributed by atoms with van der Waals surface area (Å²) in [6, 6.07) is 3.83. The van der Waals surface area contributed by atoms with Crippen LogP contribution in [0, 0.1) is 17.2 Å². The van der Waals surface area contributed by atoms with Gasteiger partial charge in [-0.15, -0.1) is 5.10 Å². The fourth-order valence-electron chi connectivity index (χ4n) is 3.75. The Morgan fingerprint density at radius 2 is 2.20 bits per heavy atom. The van der Waals surface area contributed by atoms with E-state index in [4.69, 9.17) is 5.26 Å². The summed E-state index contributed by atoms with van der Waals surface area (Å²) in [4.78, 5) is 20.7. The lowest BCUT2D eigenvalue weighted by Crippen LogP contribution is -2.60. The van der Waals surface area contributed by atoms with E-state index in [0.717, 1.165) is 0 Å². The van der Waals surface area contributed by atoms with Crippen LogP contribution in [-0.2, 0) is 10.3 Å². The summed E-state index contributed by atoms with van der Waals surface area (Å²) in [6.45, 7) is 1.30.